The Hall–Kier alpha value is -2.40. The van der Waals surface area contributed by atoms with Crippen molar-refractivity contribution in [2.75, 3.05) is 25.9 Å². The zero-order valence-corrected chi connectivity index (χ0v) is 16.3. The topological polar surface area (TPSA) is 122 Å². The van der Waals surface area contributed by atoms with Gasteiger partial charge in [0, 0.05) is 44.4 Å². The molecule has 0 saturated carbocycles. The lowest BCUT2D eigenvalue weighted by Gasteiger charge is -2.44. The lowest BCUT2D eigenvalue weighted by atomic mass is 10.1. The fraction of sp³-hybridized carbons (Fsp3) is 0.562. The van der Waals surface area contributed by atoms with Crippen LogP contribution in [0, 0.1) is 0 Å². The van der Waals surface area contributed by atoms with Crippen molar-refractivity contribution in [1.29, 1.82) is 0 Å². The zero-order valence-electron chi connectivity index (χ0n) is 15.4. The van der Waals surface area contributed by atoms with Crippen LogP contribution < -0.4 is 0 Å². The number of hydrogen-bond acceptors (Lipinski definition) is 8. The van der Waals surface area contributed by atoms with Crippen molar-refractivity contribution in [3.63, 3.8) is 0 Å². The van der Waals surface area contributed by atoms with E-state index in [1.54, 1.807) is 4.90 Å². The predicted octanol–water partition coefficient (Wildman–Crippen LogP) is 0.312. The monoisotopic (exact) mass is 394 g/mol. The lowest BCUT2D eigenvalue weighted by Crippen LogP contribution is -2.62. The van der Waals surface area contributed by atoms with Gasteiger partial charge in [-0.25, -0.2) is 18.4 Å². The standard InChI is InChI=1S/C16H22N6O4S/c1-11(2)15-19-14(20-26-15)4-5-22(27(3,24)25)13-8-21(9-13)16(23)12-6-17-10-18-7-12/h6-7,10-11,13H,4-5,8-9H2,1-3H3. The molecule has 146 valence electrons. The number of amides is 1. The van der Waals surface area contributed by atoms with Crippen molar-refractivity contribution >= 4 is 15.9 Å². The molecule has 0 spiro atoms. The minimum atomic E-state index is -3.43. The summed E-state index contributed by atoms with van der Waals surface area (Å²) in [6, 6.07) is -0.273. The zero-order chi connectivity index (χ0) is 19.6. The van der Waals surface area contributed by atoms with Crippen LogP contribution in [0.3, 0.4) is 0 Å². The van der Waals surface area contributed by atoms with Crippen LogP contribution in [-0.2, 0) is 16.4 Å². The third-order valence-electron chi connectivity index (χ3n) is 4.32. The average Bonchev–Trinajstić information content (AvgIpc) is 3.05. The molecule has 10 nitrogen and oxygen atoms in total. The Morgan fingerprint density at radius 1 is 1.33 bits per heavy atom. The molecule has 0 N–H and O–H groups in total. The van der Waals surface area contributed by atoms with Crippen LogP contribution in [-0.4, -0.2) is 75.6 Å². The lowest BCUT2D eigenvalue weighted by molar-refractivity contribution is 0.0453. The van der Waals surface area contributed by atoms with Crippen molar-refractivity contribution in [3.05, 3.63) is 36.0 Å². The van der Waals surface area contributed by atoms with Crippen molar-refractivity contribution in [2.45, 2.75) is 32.2 Å². The van der Waals surface area contributed by atoms with Crippen LogP contribution >= 0.6 is 0 Å². The Labute approximate surface area is 157 Å². The van der Waals surface area contributed by atoms with Crippen LogP contribution in [0.25, 0.3) is 0 Å². The van der Waals surface area contributed by atoms with Gasteiger partial charge in [0.25, 0.3) is 5.91 Å². The predicted molar refractivity (Wildman–Crippen MR) is 95.4 cm³/mol. The number of likely N-dealkylation sites (tertiary alicyclic amines) is 1. The van der Waals surface area contributed by atoms with E-state index < -0.39 is 10.0 Å². The normalized spacial score (nSPS) is 15.4. The summed E-state index contributed by atoms with van der Waals surface area (Å²) < 4.78 is 30.9. The van der Waals surface area contributed by atoms with E-state index in [1.165, 1.54) is 23.0 Å². The third-order valence-corrected chi connectivity index (χ3v) is 5.66. The van der Waals surface area contributed by atoms with Crippen molar-refractivity contribution in [3.8, 4) is 0 Å². The summed E-state index contributed by atoms with van der Waals surface area (Å²) in [5, 5.41) is 3.89. The fourth-order valence-corrected chi connectivity index (χ4v) is 3.93. The maximum atomic E-state index is 12.3. The van der Waals surface area contributed by atoms with Crippen LogP contribution in [0.5, 0.6) is 0 Å². The summed E-state index contributed by atoms with van der Waals surface area (Å²) in [5.74, 6) is 0.910. The van der Waals surface area contributed by atoms with E-state index in [-0.39, 0.29) is 24.4 Å². The second-order valence-corrected chi connectivity index (χ2v) is 8.75. The maximum Gasteiger partial charge on any atom is 0.257 e. The quantitative estimate of drug-likeness (QED) is 0.657. The largest absolute Gasteiger partial charge is 0.339 e. The van der Waals surface area contributed by atoms with Gasteiger partial charge in [0.2, 0.25) is 15.9 Å². The van der Waals surface area contributed by atoms with Gasteiger partial charge in [0.1, 0.15) is 6.33 Å². The molecule has 2 aromatic heterocycles. The Bertz CT molecular complexity index is 893. The molecule has 1 fully saturated rings. The van der Waals surface area contributed by atoms with Gasteiger partial charge in [-0.15, -0.1) is 0 Å². The summed E-state index contributed by atoms with van der Waals surface area (Å²) in [7, 11) is -3.43. The number of nitrogens with zero attached hydrogens (tertiary/aromatic N) is 6. The molecule has 27 heavy (non-hydrogen) atoms. The first-order chi connectivity index (χ1) is 12.8. The molecule has 2 aromatic rings. The molecule has 0 aromatic carbocycles. The number of hydrogen-bond donors (Lipinski definition) is 0. The SMILES string of the molecule is CC(C)c1nc(CCN(C2CN(C(=O)c3cncnc3)C2)S(C)(=O)=O)no1. The summed E-state index contributed by atoms with van der Waals surface area (Å²) in [5.41, 5.74) is 0.384. The minimum absolute atomic E-state index is 0.116. The highest BCUT2D eigenvalue weighted by Crippen LogP contribution is 2.20. The molecular weight excluding hydrogens is 372 g/mol. The van der Waals surface area contributed by atoms with Gasteiger partial charge in [-0.05, 0) is 0 Å². The molecule has 3 rings (SSSR count). The number of carbonyl (C=O) groups is 1. The van der Waals surface area contributed by atoms with Crippen LogP contribution in [0.2, 0.25) is 0 Å². The highest BCUT2D eigenvalue weighted by Gasteiger charge is 2.39. The van der Waals surface area contributed by atoms with E-state index >= 15 is 0 Å². The first-order valence-electron chi connectivity index (χ1n) is 8.59. The van der Waals surface area contributed by atoms with Gasteiger partial charge in [-0.3, -0.25) is 4.79 Å². The maximum absolute atomic E-state index is 12.3. The summed E-state index contributed by atoms with van der Waals surface area (Å²) in [6.45, 7) is 4.77. The molecule has 0 bridgehead atoms. The van der Waals surface area contributed by atoms with Gasteiger partial charge < -0.3 is 9.42 Å². The summed E-state index contributed by atoms with van der Waals surface area (Å²) in [4.78, 5) is 25.8. The smallest absolute Gasteiger partial charge is 0.257 e. The van der Waals surface area contributed by atoms with Crippen molar-refractivity contribution in [1.82, 2.24) is 29.3 Å². The van der Waals surface area contributed by atoms with Crippen LogP contribution in [0.1, 0.15) is 41.8 Å². The molecule has 0 atom stereocenters. The average molecular weight is 394 g/mol. The fourth-order valence-electron chi connectivity index (χ4n) is 2.83. The van der Waals surface area contributed by atoms with E-state index in [2.05, 4.69) is 20.1 Å². The second kappa shape index (κ2) is 7.69. The molecular formula is C16H22N6O4S. The molecule has 11 heteroatoms. The van der Waals surface area contributed by atoms with E-state index in [1.807, 2.05) is 13.8 Å². The first kappa shape index (κ1) is 19.4. The molecule has 1 amide bonds. The second-order valence-electron chi connectivity index (χ2n) is 6.82. The Balaban J connectivity index is 1.60. The highest BCUT2D eigenvalue weighted by molar-refractivity contribution is 7.88. The van der Waals surface area contributed by atoms with Gasteiger partial charge >= 0.3 is 0 Å². The van der Waals surface area contributed by atoms with Crippen molar-refractivity contribution < 1.29 is 17.7 Å². The molecule has 0 radical (unpaired) electrons. The van der Waals surface area contributed by atoms with Crippen LogP contribution in [0.15, 0.2) is 23.2 Å². The van der Waals surface area contributed by atoms with Gasteiger partial charge in [0.15, 0.2) is 5.82 Å². The van der Waals surface area contributed by atoms with Gasteiger partial charge in [-0.2, -0.15) is 9.29 Å². The molecule has 3 heterocycles. The highest BCUT2D eigenvalue weighted by atomic mass is 32.2. The summed E-state index contributed by atoms with van der Waals surface area (Å²) in [6.07, 6.45) is 5.75. The number of aromatic nitrogens is 4. The molecule has 0 unspecified atom stereocenters. The van der Waals surface area contributed by atoms with E-state index in [9.17, 15) is 13.2 Å². The number of sulfonamides is 1. The van der Waals surface area contributed by atoms with E-state index in [0.717, 1.165) is 6.26 Å². The van der Waals surface area contributed by atoms with Crippen molar-refractivity contribution in [2.24, 2.45) is 0 Å². The Morgan fingerprint density at radius 3 is 2.56 bits per heavy atom. The first-order valence-corrected chi connectivity index (χ1v) is 10.4. The van der Waals surface area contributed by atoms with Gasteiger partial charge in [0.05, 0.1) is 17.9 Å². The van der Waals surface area contributed by atoms with E-state index in [0.29, 0.717) is 36.8 Å². The molecule has 0 aliphatic carbocycles. The summed E-state index contributed by atoms with van der Waals surface area (Å²) >= 11 is 0. The minimum Gasteiger partial charge on any atom is -0.339 e. The Morgan fingerprint density at radius 2 is 2.00 bits per heavy atom. The number of rotatable bonds is 7. The number of carbonyl (C=O) groups excluding carboxylic acids is 1. The third kappa shape index (κ3) is 4.48. The van der Waals surface area contributed by atoms with Crippen LogP contribution in [0.4, 0.5) is 0 Å². The Kier molecular flexibility index (Phi) is 5.51. The van der Waals surface area contributed by atoms with Gasteiger partial charge in [-0.1, -0.05) is 19.0 Å². The molecule has 1 aliphatic rings. The molecule has 1 saturated heterocycles. The van der Waals surface area contributed by atoms with E-state index in [4.69, 9.17) is 4.52 Å². The molecule has 1 aliphatic heterocycles.